The van der Waals surface area contributed by atoms with Gasteiger partial charge in [0.2, 0.25) is 0 Å². The minimum absolute atomic E-state index is 0.225. The third-order valence-corrected chi connectivity index (χ3v) is 4.30. The van der Waals surface area contributed by atoms with Gasteiger partial charge in [0.05, 0.1) is 11.6 Å². The van der Waals surface area contributed by atoms with Crippen molar-refractivity contribution in [1.82, 2.24) is 9.80 Å². The number of carbonyl (C=O) groups excluding carboxylic acids is 1. The number of piperazine rings is 1. The van der Waals surface area contributed by atoms with Crippen LogP contribution in [0.25, 0.3) is 0 Å². The molecule has 0 N–H and O–H groups in total. The summed E-state index contributed by atoms with van der Waals surface area (Å²) in [6.45, 7) is 9.51. The monoisotopic (exact) mass is 384 g/mol. The Morgan fingerprint density at radius 2 is 1.87 bits per heavy atom. The molecule has 0 unspecified atom stereocenters. The molecule has 0 radical (unpaired) electrons. The van der Waals surface area contributed by atoms with Crippen molar-refractivity contribution in [3.05, 3.63) is 28.2 Å². The number of amides is 1. The summed E-state index contributed by atoms with van der Waals surface area (Å²) in [6.07, 6.45) is -0.225. The first-order valence-electron chi connectivity index (χ1n) is 7.82. The maximum Gasteiger partial charge on any atom is 0.410 e. The Morgan fingerprint density at radius 1 is 1.22 bits per heavy atom. The van der Waals surface area contributed by atoms with Crippen LogP contribution < -0.4 is 4.74 Å². The van der Waals surface area contributed by atoms with Gasteiger partial charge in [-0.05, 0) is 42.8 Å². The predicted molar refractivity (Wildman–Crippen MR) is 93.8 cm³/mol. The van der Waals surface area contributed by atoms with Crippen LogP contribution in [0.1, 0.15) is 26.3 Å². The van der Waals surface area contributed by atoms with Crippen LogP contribution in [0.4, 0.5) is 4.79 Å². The molecule has 1 aliphatic heterocycles. The average molecular weight is 385 g/mol. The summed E-state index contributed by atoms with van der Waals surface area (Å²) in [6, 6.07) is 6.06. The van der Waals surface area contributed by atoms with E-state index in [4.69, 9.17) is 9.47 Å². The molecule has 1 amide bonds. The lowest BCUT2D eigenvalue weighted by atomic mass is 10.1. The van der Waals surface area contributed by atoms with Gasteiger partial charge >= 0.3 is 6.09 Å². The van der Waals surface area contributed by atoms with Gasteiger partial charge in [0.1, 0.15) is 11.4 Å². The van der Waals surface area contributed by atoms with Crippen LogP contribution in [0.2, 0.25) is 0 Å². The number of methoxy groups -OCH3 is 1. The maximum absolute atomic E-state index is 12.1. The minimum Gasteiger partial charge on any atom is -0.495 e. The van der Waals surface area contributed by atoms with Crippen LogP contribution in [-0.2, 0) is 11.3 Å². The van der Waals surface area contributed by atoms with Crippen LogP contribution in [0.15, 0.2) is 22.7 Å². The predicted octanol–water partition coefficient (Wildman–Crippen LogP) is 3.51. The number of nitrogens with zero attached hydrogens (tertiary/aromatic N) is 2. The first-order chi connectivity index (χ1) is 10.8. The van der Waals surface area contributed by atoms with Crippen molar-refractivity contribution >= 4 is 22.0 Å². The van der Waals surface area contributed by atoms with Gasteiger partial charge in [0.15, 0.2) is 0 Å². The van der Waals surface area contributed by atoms with E-state index in [-0.39, 0.29) is 6.09 Å². The summed E-state index contributed by atoms with van der Waals surface area (Å²) in [5.74, 6) is 0.877. The zero-order valence-electron chi connectivity index (χ0n) is 14.3. The molecular weight excluding hydrogens is 360 g/mol. The molecule has 0 bridgehead atoms. The zero-order chi connectivity index (χ0) is 17.0. The first-order valence-corrected chi connectivity index (χ1v) is 8.61. The SMILES string of the molecule is COc1c(Br)cccc1CN1CCN(C(=O)OC(C)(C)C)CC1. The molecule has 0 aliphatic carbocycles. The van der Waals surface area contributed by atoms with Crippen LogP contribution in [0, 0.1) is 0 Å². The van der Waals surface area contributed by atoms with Gasteiger partial charge in [0.25, 0.3) is 0 Å². The van der Waals surface area contributed by atoms with Gasteiger partial charge < -0.3 is 14.4 Å². The summed E-state index contributed by atoms with van der Waals surface area (Å²) in [4.78, 5) is 16.2. The van der Waals surface area contributed by atoms with Gasteiger partial charge in [-0.2, -0.15) is 0 Å². The topological polar surface area (TPSA) is 42.0 Å². The fourth-order valence-electron chi connectivity index (χ4n) is 2.56. The molecule has 0 saturated carbocycles. The lowest BCUT2D eigenvalue weighted by Crippen LogP contribution is -2.49. The average Bonchev–Trinajstić information content (AvgIpc) is 2.46. The second-order valence-corrected chi connectivity index (χ2v) is 7.53. The summed E-state index contributed by atoms with van der Waals surface area (Å²) < 4.78 is 11.9. The van der Waals surface area contributed by atoms with Crippen LogP contribution in [0.3, 0.4) is 0 Å². The molecule has 1 aliphatic rings. The summed E-state index contributed by atoms with van der Waals surface area (Å²) >= 11 is 3.52. The van der Waals surface area contributed by atoms with Crippen LogP contribution in [-0.4, -0.2) is 54.8 Å². The van der Waals surface area contributed by atoms with E-state index in [1.165, 1.54) is 0 Å². The van der Waals surface area contributed by atoms with E-state index in [9.17, 15) is 4.79 Å². The minimum atomic E-state index is -0.447. The molecule has 0 atom stereocenters. The van der Waals surface area contributed by atoms with Crippen molar-refractivity contribution < 1.29 is 14.3 Å². The fourth-order valence-corrected chi connectivity index (χ4v) is 3.13. The van der Waals surface area contributed by atoms with Crippen molar-refractivity contribution in [3.8, 4) is 5.75 Å². The molecule has 6 heteroatoms. The van der Waals surface area contributed by atoms with Crippen LogP contribution >= 0.6 is 15.9 Å². The Labute approximate surface area is 146 Å². The Bertz CT molecular complexity index is 549. The summed E-state index contributed by atoms with van der Waals surface area (Å²) in [7, 11) is 1.68. The molecule has 2 rings (SSSR count). The van der Waals surface area contributed by atoms with E-state index in [2.05, 4.69) is 26.9 Å². The van der Waals surface area contributed by atoms with Gasteiger partial charge in [-0.25, -0.2) is 4.79 Å². The highest BCUT2D eigenvalue weighted by Gasteiger charge is 2.26. The highest BCUT2D eigenvalue weighted by atomic mass is 79.9. The lowest BCUT2D eigenvalue weighted by Gasteiger charge is -2.35. The smallest absolute Gasteiger partial charge is 0.410 e. The number of ether oxygens (including phenoxy) is 2. The number of halogens is 1. The Kier molecular flexibility index (Phi) is 5.92. The molecule has 1 saturated heterocycles. The number of rotatable bonds is 3. The van der Waals surface area contributed by atoms with Crippen molar-refractivity contribution in [1.29, 1.82) is 0 Å². The van der Waals surface area contributed by atoms with Crippen molar-refractivity contribution in [3.63, 3.8) is 0 Å². The standard InChI is InChI=1S/C17H25BrN2O3/c1-17(2,3)23-16(21)20-10-8-19(9-11-20)12-13-6-5-7-14(18)15(13)22-4/h5-7H,8-12H2,1-4H3. The number of carbonyl (C=O) groups is 1. The van der Waals surface area contributed by atoms with Crippen molar-refractivity contribution in [2.24, 2.45) is 0 Å². The van der Waals surface area contributed by atoms with Gasteiger partial charge in [-0.1, -0.05) is 12.1 Å². The van der Waals surface area contributed by atoms with E-state index in [1.54, 1.807) is 12.0 Å². The quantitative estimate of drug-likeness (QED) is 0.799. The van der Waals surface area contributed by atoms with Crippen molar-refractivity contribution in [2.75, 3.05) is 33.3 Å². The van der Waals surface area contributed by atoms with Gasteiger partial charge in [-0.3, -0.25) is 4.90 Å². The van der Waals surface area contributed by atoms with Crippen LogP contribution in [0.5, 0.6) is 5.75 Å². The fraction of sp³-hybridized carbons (Fsp3) is 0.588. The highest BCUT2D eigenvalue weighted by molar-refractivity contribution is 9.10. The maximum atomic E-state index is 12.1. The summed E-state index contributed by atoms with van der Waals surface area (Å²) in [5.41, 5.74) is 0.699. The van der Waals surface area contributed by atoms with E-state index in [0.717, 1.165) is 35.4 Å². The second kappa shape index (κ2) is 7.53. The number of para-hydroxylation sites is 1. The molecule has 1 fully saturated rings. The largest absolute Gasteiger partial charge is 0.495 e. The summed E-state index contributed by atoms with van der Waals surface area (Å²) in [5, 5.41) is 0. The third kappa shape index (κ3) is 5.11. The Hall–Kier alpha value is -1.27. The molecule has 1 aromatic rings. The highest BCUT2D eigenvalue weighted by Crippen LogP contribution is 2.29. The molecule has 23 heavy (non-hydrogen) atoms. The second-order valence-electron chi connectivity index (χ2n) is 6.68. The molecule has 0 aromatic heterocycles. The Morgan fingerprint density at radius 3 is 2.43 bits per heavy atom. The zero-order valence-corrected chi connectivity index (χ0v) is 15.9. The van der Waals surface area contributed by atoms with E-state index in [1.807, 2.05) is 32.9 Å². The molecular formula is C17H25BrN2O3. The number of hydrogen-bond acceptors (Lipinski definition) is 4. The lowest BCUT2D eigenvalue weighted by molar-refractivity contribution is 0.0138. The molecule has 128 valence electrons. The van der Waals surface area contributed by atoms with E-state index < -0.39 is 5.60 Å². The van der Waals surface area contributed by atoms with E-state index >= 15 is 0 Å². The number of hydrogen-bond donors (Lipinski definition) is 0. The molecule has 0 spiro atoms. The molecule has 5 nitrogen and oxygen atoms in total. The molecule has 1 heterocycles. The molecule has 1 aromatic carbocycles. The third-order valence-electron chi connectivity index (χ3n) is 3.67. The van der Waals surface area contributed by atoms with E-state index in [0.29, 0.717) is 13.1 Å². The normalized spacial score (nSPS) is 16.3. The van der Waals surface area contributed by atoms with Crippen molar-refractivity contribution in [2.45, 2.75) is 32.9 Å². The van der Waals surface area contributed by atoms with Gasteiger partial charge in [0, 0.05) is 38.3 Å². The van der Waals surface area contributed by atoms with Gasteiger partial charge in [-0.15, -0.1) is 0 Å². The first kappa shape index (κ1) is 18.1. The number of benzene rings is 1. The Balaban J connectivity index is 1.90.